The Labute approximate surface area is 379 Å². The lowest BCUT2D eigenvalue weighted by Gasteiger charge is -2.26. The molecule has 8 nitrogen and oxygen atoms in total. The van der Waals surface area contributed by atoms with Crippen LogP contribution in [0.25, 0.3) is 17.2 Å². The molecule has 0 spiro atoms. The van der Waals surface area contributed by atoms with Crippen molar-refractivity contribution in [2.24, 2.45) is 0 Å². The van der Waals surface area contributed by atoms with E-state index in [0.29, 0.717) is 12.1 Å². The number of anilines is 1. The smallest absolute Gasteiger partial charge is 0.374 e. The first-order chi connectivity index (χ1) is 30.1. The van der Waals surface area contributed by atoms with Crippen LogP contribution in [0.2, 0.25) is 0 Å². The standard InChI is InChI=1S/C53H85N2O2.ClHO4/c1-5-7-9-11-13-15-17-19-21-23-25-27-29-31-38-46(3)54-48-40-33-35-42-50(48)56-52(54)44-37-45-53-55(49-41-34-36-43-51(49)57-53)47(4)39-32-30-28-26-24-22-20-18-16-14-12-10-8-6-2;2-1(3,4)5/h33-37,40-47H,5-32,38-39H2,1-4H3;(H,2,3,4,5)/q+1;/p-1. The maximum atomic E-state index is 8.49. The number of oxazole rings is 1. The van der Waals surface area contributed by atoms with Gasteiger partial charge >= 0.3 is 5.89 Å². The number of halogens is 1. The fourth-order valence-electron chi connectivity index (χ4n) is 8.92. The molecule has 9 heteroatoms. The van der Waals surface area contributed by atoms with Crippen LogP contribution >= 0.6 is 0 Å². The monoisotopic (exact) mass is 881 g/mol. The highest BCUT2D eigenvalue weighted by Crippen LogP contribution is 2.41. The predicted molar refractivity (Wildman–Crippen MR) is 247 cm³/mol. The van der Waals surface area contributed by atoms with Gasteiger partial charge in [-0.25, -0.2) is 18.6 Å². The Morgan fingerprint density at radius 3 is 1.48 bits per heavy atom. The van der Waals surface area contributed by atoms with Crippen molar-refractivity contribution in [1.82, 2.24) is 0 Å². The van der Waals surface area contributed by atoms with Gasteiger partial charge in [0.15, 0.2) is 11.8 Å². The Morgan fingerprint density at radius 2 is 0.984 bits per heavy atom. The topological polar surface area (TPSA) is 122 Å². The number of fused-ring (bicyclic) bond motifs is 2. The number of aromatic nitrogens is 1. The van der Waals surface area contributed by atoms with Crippen LogP contribution in [0.5, 0.6) is 5.75 Å². The molecular formula is C53H85ClN2O6. The number of ether oxygens (including phenoxy) is 1. The van der Waals surface area contributed by atoms with Gasteiger partial charge in [-0.05, 0) is 57.0 Å². The average molecular weight is 882 g/mol. The van der Waals surface area contributed by atoms with E-state index in [-0.39, 0.29) is 0 Å². The van der Waals surface area contributed by atoms with E-state index in [1.807, 2.05) is 0 Å². The summed E-state index contributed by atoms with van der Waals surface area (Å²) in [5.41, 5.74) is 3.30. The second-order valence-electron chi connectivity index (χ2n) is 17.9. The number of rotatable bonds is 34. The van der Waals surface area contributed by atoms with E-state index in [1.165, 1.54) is 191 Å². The van der Waals surface area contributed by atoms with E-state index in [2.05, 4.69) is 104 Å². The minimum Gasteiger partial charge on any atom is -0.439 e. The second kappa shape index (κ2) is 32.7. The summed E-state index contributed by atoms with van der Waals surface area (Å²) in [4.78, 5) is 2.41. The molecule has 0 N–H and O–H groups in total. The molecule has 0 saturated carbocycles. The van der Waals surface area contributed by atoms with Crippen molar-refractivity contribution in [3.63, 3.8) is 0 Å². The Hall–Kier alpha value is -2.88. The first-order valence-electron chi connectivity index (χ1n) is 25.1. The summed E-state index contributed by atoms with van der Waals surface area (Å²) in [7, 11) is -4.94. The summed E-state index contributed by atoms with van der Waals surface area (Å²) in [6, 6.07) is 17.7. The van der Waals surface area contributed by atoms with Crippen molar-refractivity contribution in [3.8, 4) is 5.75 Å². The minimum absolute atomic E-state index is 0.367. The van der Waals surface area contributed by atoms with Crippen LogP contribution in [0, 0.1) is 10.2 Å². The SMILES string of the molecule is CCCCCCCCCCCCCCCCC(C)N1C(=CC=Cc2oc3ccccc3[n+]2C(C)CCCCCCCCCCCCCCCC)Oc2ccccc21.[O-][Cl+3]([O-])([O-])[O-]. The van der Waals surface area contributed by atoms with Gasteiger partial charge in [-0.15, -0.1) is 10.2 Å². The average Bonchev–Trinajstić information content (AvgIpc) is 3.81. The highest BCUT2D eigenvalue weighted by Gasteiger charge is 2.30. The Bertz CT molecular complexity index is 1630. The molecule has 2 aromatic carbocycles. The molecule has 2 atom stereocenters. The molecule has 350 valence electrons. The molecule has 2 heterocycles. The zero-order valence-electron chi connectivity index (χ0n) is 39.4. The summed E-state index contributed by atoms with van der Waals surface area (Å²) in [5, 5.41) is 0. The summed E-state index contributed by atoms with van der Waals surface area (Å²) in [6.07, 6.45) is 47.8. The van der Waals surface area contributed by atoms with Crippen LogP contribution in [-0.4, -0.2) is 6.04 Å². The zero-order valence-corrected chi connectivity index (χ0v) is 40.2. The molecule has 0 bridgehead atoms. The van der Waals surface area contributed by atoms with Gasteiger partial charge < -0.3 is 14.1 Å². The number of benzene rings is 2. The molecule has 0 saturated heterocycles. The minimum atomic E-state index is -4.94. The van der Waals surface area contributed by atoms with E-state index < -0.39 is 10.2 Å². The van der Waals surface area contributed by atoms with Gasteiger partial charge in [-0.3, -0.25) is 0 Å². The summed E-state index contributed by atoms with van der Waals surface area (Å²) in [6.45, 7) is 9.32. The predicted octanol–water partition coefficient (Wildman–Crippen LogP) is 12.4. The lowest BCUT2D eigenvalue weighted by molar-refractivity contribution is -2.00. The first-order valence-corrected chi connectivity index (χ1v) is 26.4. The normalized spacial score (nSPS) is 14.4. The lowest BCUT2D eigenvalue weighted by atomic mass is 10.0. The van der Waals surface area contributed by atoms with Crippen LogP contribution in [0.4, 0.5) is 5.69 Å². The van der Waals surface area contributed by atoms with Crippen LogP contribution < -0.4 is 32.8 Å². The number of hydrogen-bond donors (Lipinski definition) is 0. The van der Waals surface area contributed by atoms with Crippen molar-refractivity contribution < 1.29 is 42.6 Å². The van der Waals surface area contributed by atoms with Crippen molar-refractivity contribution in [2.45, 2.75) is 232 Å². The Kier molecular flexibility index (Phi) is 28.2. The Balaban J connectivity index is 0.00000193. The van der Waals surface area contributed by atoms with Crippen molar-refractivity contribution in [2.75, 3.05) is 4.90 Å². The zero-order chi connectivity index (χ0) is 44.7. The number of nitrogens with zero attached hydrogens (tertiary/aromatic N) is 2. The third kappa shape index (κ3) is 22.7. The van der Waals surface area contributed by atoms with E-state index >= 15 is 0 Å². The van der Waals surface area contributed by atoms with E-state index in [1.54, 1.807) is 0 Å². The van der Waals surface area contributed by atoms with Gasteiger partial charge in [-0.1, -0.05) is 211 Å². The van der Waals surface area contributed by atoms with Crippen molar-refractivity contribution >= 4 is 22.9 Å². The third-order valence-electron chi connectivity index (χ3n) is 12.5. The summed E-state index contributed by atoms with van der Waals surface area (Å²) < 4.78 is 49.3. The van der Waals surface area contributed by atoms with Crippen LogP contribution in [0.1, 0.15) is 232 Å². The molecule has 1 aliphatic rings. The fourth-order valence-corrected chi connectivity index (χ4v) is 8.92. The Morgan fingerprint density at radius 1 is 0.565 bits per heavy atom. The molecule has 62 heavy (non-hydrogen) atoms. The van der Waals surface area contributed by atoms with Gasteiger partial charge in [-0.2, -0.15) is 4.57 Å². The number of unbranched alkanes of at least 4 members (excludes halogenated alkanes) is 26. The summed E-state index contributed by atoms with van der Waals surface area (Å²) in [5.74, 6) is 2.76. The number of allylic oxidation sites excluding steroid dienone is 2. The molecule has 4 rings (SSSR count). The van der Waals surface area contributed by atoms with Crippen LogP contribution in [0.3, 0.4) is 0 Å². The highest BCUT2D eigenvalue weighted by molar-refractivity contribution is 5.70. The van der Waals surface area contributed by atoms with Crippen LogP contribution in [0.15, 0.2) is 71.0 Å². The van der Waals surface area contributed by atoms with Crippen molar-refractivity contribution in [1.29, 1.82) is 0 Å². The maximum absolute atomic E-state index is 8.49. The first kappa shape index (κ1) is 53.5. The second-order valence-corrected chi connectivity index (χ2v) is 18.7. The van der Waals surface area contributed by atoms with Crippen molar-refractivity contribution in [3.05, 3.63) is 72.5 Å². The molecular weight excluding hydrogens is 796 g/mol. The molecule has 1 aromatic heterocycles. The molecule has 0 fully saturated rings. The third-order valence-corrected chi connectivity index (χ3v) is 12.5. The summed E-state index contributed by atoms with van der Waals surface area (Å²) >= 11 is 0. The molecule has 0 amide bonds. The van der Waals surface area contributed by atoms with Gasteiger partial charge in [0.1, 0.15) is 0 Å². The van der Waals surface area contributed by atoms with Gasteiger partial charge in [0, 0.05) is 18.5 Å². The lowest BCUT2D eigenvalue weighted by Crippen LogP contribution is -2.68. The number of hydrogen-bond acceptors (Lipinski definition) is 7. The molecule has 2 unspecified atom stereocenters. The van der Waals surface area contributed by atoms with E-state index in [4.69, 9.17) is 27.8 Å². The fraction of sp³-hybridized carbons (Fsp3) is 0.679. The van der Waals surface area contributed by atoms with Gasteiger partial charge in [0.25, 0.3) is 5.52 Å². The van der Waals surface area contributed by atoms with Gasteiger partial charge in [0.05, 0.1) is 11.8 Å². The molecule has 3 aromatic rings. The molecule has 0 aliphatic carbocycles. The molecule has 1 aliphatic heterocycles. The van der Waals surface area contributed by atoms with Crippen LogP contribution in [-0.2, 0) is 0 Å². The quantitative estimate of drug-likeness (QED) is 0.0432. The van der Waals surface area contributed by atoms with Gasteiger partial charge in [0.2, 0.25) is 11.5 Å². The van der Waals surface area contributed by atoms with E-state index in [0.717, 1.165) is 35.9 Å². The largest absolute Gasteiger partial charge is 0.439 e. The number of para-hydroxylation sites is 4. The maximum Gasteiger partial charge on any atom is 0.374 e. The molecule has 0 radical (unpaired) electrons. The van der Waals surface area contributed by atoms with E-state index in [9.17, 15) is 0 Å². The highest BCUT2D eigenvalue weighted by atomic mass is 35.7.